The average molecular weight is 557 g/mol. The van der Waals surface area contributed by atoms with Gasteiger partial charge in [-0.2, -0.15) is 28.8 Å². The molecule has 1 fully saturated rings. The van der Waals surface area contributed by atoms with Crippen molar-refractivity contribution in [2.75, 3.05) is 18.0 Å². The summed E-state index contributed by atoms with van der Waals surface area (Å²) in [5, 5.41) is 32.2. The van der Waals surface area contributed by atoms with E-state index in [0.29, 0.717) is 17.0 Å². The van der Waals surface area contributed by atoms with Gasteiger partial charge in [0.2, 0.25) is 0 Å². The molecule has 2 N–H and O–H groups in total. The molecule has 0 radical (unpaired) electrons. The van der Waals surface area contributed by atoms with Gasteiger partial charge >= 0.3 is 12.1 Å². The molecule has 0 spiro atoms. The van der Waals surface area contributed by atoms with Crippen molar-refractivity contribution in [1.82, 2.24) is 24.7 Å². The lowest BCUT2D eigenvalue weighted by Gasteiger charge is -2.24. The van der Waals surface area contributed by atoms with Crippen molar-refractivity contribution < 1.29 is 23.1 Å². The van der Waals surface area contributed by atoms with E-state index in [1.54, 1.807) is 12.3 Å². The zero-order valence-electron chi connectivity index (χ0n) is 20.1. The molecule has 14 heteroatoms. The molecule has 1 aliphatic heterocycles. The van der Waals surface area contributed by atoms with Gasteiger partial charge in [0.1, 0.15) is 18.0 Å². The number of hydrogen-bond acceptors (Lipinski definition) is 7. The summed E-state index contributed by atoms with van der Waals surface area (Å²) in [5.74, 6) is -2.54. The molecule has 0 aliphatic carbocycles. The maximum atomic E-state index is 10.6. The standard InChI is InChI=1S/C23H19ClN8.C2HF3O2/c24-19-2-1-3-21(18(19)10-26)31-9-6-15(12-31)20(4-7-25)32-13-16(11-30-32)22-17-5-8-27-23(17)29-14-28-22;3-2(4,5)1(6)7/h1-3,5,8,11,13-15,20H,4,6,9,12H2,(H,27,28,29);(H,6,7)/t15-,20-;/m0./s1. The number of nitrogens with zero attached hydrogens (tertiary/aromatic N) is 7. The summed E-state index contributed by atoms with van der Waals surface area (Å²) < 4.78 is 33.6. The van der Waals surface area contributed by atoms with Crippen LogP contribution in [0.3, 0.4) is 0 Å². The summed E-state index contributed by atoms with van der Waals surface area (Å²) in [6.07, 6.45) is 3.28. The summed E-state index contributed by atoms with van der Waals surface area (Å²) in [4.78, 5) is 22.9. The molecule has 4 heterocycles. The van der Waals surface area contributed by atoms with E-state index in [1.165, 1.54) is 6.33 Å². The SMILES string of the molecule is N#CC[C@@H]([C@H]1CCN(c2cccc(Cl)c2C#N)C1)n1cc(-c2ncnc3[nH]ccc23)cn1.O=C(O)C(F)(F)F. The smallest absolute Gasteiger partial charge is 0.475 e. The number of carbonyl (C=O) groups is 1. The first-order valence-electron chi connectivity index (χ1n) is 11.6. The summed E-state index contributed by atoms with van der Waals surface area (Å²) >= 11 is 6.23. The third kappa shape index (κ3) is 5.94. The maximum Gasteiger partial charge on any atom is 0.490 e. The van der Waals surface area contributed by atoms with Crippen LogP contribution in [0, 0.1) is 28.6 Å². The predicted molar refractivity (Wildman–Crippen MR) is 135 cm³/mol. The number of hydrogen-bond donors (Lipinski definition) is 2. The van der Waals surface area contributed by atoms with Crippen LogP contribution in [0.5, 0.6) is 0 Å². The number of fused-ring (bicyclic) bond motifs is 1. The Morgan fingerprint density at radius 2 is 2.05 bits per heavy atom. The first kappa shape index (κ1) is 27.4. The number of rotatable bonds is 5. The monoisotopic (exact) mass is 556 g/mol. The summed E-state index contributed by atoms with van der Waals surface area (Å²) in [7, 11) is 0. The van der Waals surface area contributed by atoms with E-state index in [4.69, 9.17) is 21.5 Å². The Balaban J connectivity index is 0.000000448. The van der Waals surface area contributed by atoms with E-state index in [1.807, 2.05) is 35.3 Å². The fourth-order valence-corrected chi connectivity index (χ4v) is 4.73. The van der Waals surface area contributed by atoms with Crippen LogP contribution < -0.4 is 4.90 Å². The number of H-pyrrole nitrogens is 1. The van der Waals surface area contributed by atoms with Crippen LogP contribution in [-0.4, -0.2) is 55.1 Å². The molecule has 1 aromatic carbocycles. The molecule has 200 valence electrons. The average Bonchev–Trinajstić information content (AvgIpc) is 3.68. The van der Waals surface area contributed by atoms with Crippen LogP contribution in [0.4, 0.5) is 18.9 Å². The number of halogens is 4. The van der Waals surface area contributed by atoms with Gasteiger partial charge in [-0.3, -0.25) is 4.68 Å². The highest BCUT2D eigenvalue weighted by atomic mass is 35.5. The van der Waals surface area contributed by atoms with Gasteiger partial charge in [-0.15, -0.1) is 0 Å². The molecule has 39 heavy (non-hydrogen) atoms. The molecule has 2 atom stereocenters. The first-order valence-corrected chi connectivity index (χ1v) is 11.9. The predicted octanol–water partition coefficient (Wildman–Crippen LogP) is 4.96. The molecule has 1 aliphatic rings. The molecule has 0 amide bonds. The van der Waals surface area contributed by atoms with E-state index in [2.05, 4.69) is 37.1 Å². The van der Waals surface area contributed by atoms with Crippen molar-refractivity contribution in [3.63, 3.8) is 0 Å². The third-order valence-corrected chi connectivity index (χ3v) is 6.64. The number of nitriles is 2. The topological polar surface area (TPSA) is 148 Å². The number of nitrogens with one attached hydrogen (secondary N) is 1. The largest absolute Gasteiger partial charge is 0.490 e. The molecule has 5 rings (SSSR count). The number of alkyl halides is 3. The van der Waals surface area contributed by atoms with E-state index in [0.717, 1.165) is 47.5 Å². The zero-order valence-corrected chi connectivity index (χ0v) is 20.9. The van der Waals surface area contributed by atoms with Crippen molar-refractivity contribution in [3.05, 3.63) is 59.8 Å². The van der Waals surface area contributed by atoms with Crippen LogP contribution in [-0.2, 0) is 4.79 Å². The highest BCUT2D eigenvalue weighted by Gasteiger charge is 2.38. The van der Waals surface area contributed by atoms with Crippen LogP contribution >= 0.6 is 11.6 Å². The van der Waals surface area contributed by atoms with Gasteiger partial charge in [0.15, 0.2) is 0 Å². The summed E-state index contributed by atoms with van der Waals surface area (Å²) in [6.45, 7) is 1.53. The summed E-state index contributed by atoms with van der Waals surface area (Å²) in [5.41, 5.74) is 3.81. The normalized spacial score (nSPS) is 15.7. The van der Waals surface area contributed by atoms with Crippen molar-refractivity contribution in [2.45, 2.75) is 25.1 Å². The van der Waals surface area contributed by atoms with Gasteiger partial charge in [-0.25, -0.2) is 14.8 Å². The first-order chi connectivity index (χ1) is 18.6. The number of aliphatic carboxylic acids is 1. The molecule has 0 bridgehead atoms. The quantitative estimate of drug-likeness (QED) is 0.350. The lowest BCUT2D eigenvalue weighted by molar-refractivity contribution is -0.192. The van der Waals surface area contributed by atoms with E-state index in [-0.39, 0.29) is 12.0 Å². The Hall–Kier alpha value is -4.62. The second-order valence-electron chi connectivity index (χ2n) is 8.64. The van der Waals surface area contributed by atoms with Crippen LogP contribution in [0.1, 0.15) is 24.4 Å². The molecule has 10 nitrogen and oxygen atoms in total. The second-order valence-corrected chi connectivity index (χ2v) is 9.05. The summed E-state index contributed by atoms with van der Waals surface area (Å²) in [6, 6.07) is 11.9. The minimum Gasteiger partial charge on any atom is -0.475 e. The van der Waals surface area contributed by atoms with E-state index >= 15 is 0 Å². The fraction of sp³-hybridized carbons (Fsp3) is 0.280. The second kappa shape index (κ2) is 11.4. The van der Waals surface area contributed by atoms with E-state index < -0.39 is 12.1 Å². The van der Waals surface area contributed by atoms with Crippen LogP contribution in [0.15, 0.2) is 49.2 Å². The number of carboxylic acids is 1. The fourth-order valence-electron chi connectivity index (χ4n) is 4.52. The molecule has 3 aromatic heterocycles. The zero-order chi connectivity index (χ0) is 28.2. The number of aromatic amines is 1. The van der Waals surface area contributed by atoms with E-state index in [9.17, 15) is 23.7 Å². The number of benzene rings is 1. The Labute approximate surface area is 224 Å². The lowest BCUT2D eigenvalue weighted by Crippen LogP contribution is -2.25. The Morgan fingerprint density at radius 3 is 2.74 bits per heavy atom. The third-order valence-electron chi connectivity index (χ3n) is 6.32. The Kier molecular flexibility index (Phi) is 8.02. The minimum atomic E-state index is -5.08. The molecule has 1 saturated heterocycles. The molecule has 0 saturated carbocycles. The van der Waals surface area contributed by atoms with Crippen molar-refractivity contribution >= 4 is 34.3 Å². The number of anilines is 1. The molecular weight excluding hydrogens is 537 g/mol. The van der Waals surface area contributed by atoms with Gasteiger partial charge in [-0.1, -0.05) is 17.7 Å². The maximum absolute atomic E-state index is 10.6. The number of aromatic nitrogens is 5. The van der Waals surface area contributed by atoms with Crippen LogP contribution in [0.2, 0.25) is 5.02 Å². The number of carboxylic acid groups (broad SMARTS) is 1. The molecular formula is C25H20ClF3N8O2. The van der Waals surface area contributed by atoms with Gasteiger partial charge in [-0.05, 0) is 24.6 Å². The van der Waals surface area contributed by atoms with Gasteiger partial charge in [0, 0.05) is 42.4 Å². The Morgan fingerprint density at radius 1 is 1.28 bits per heavy atom. The van der Waals surface area contributed by atoms with Gasteiger partial charge < -0.3 is 15.0 Å². The van der Waals surface area contributed by atoms with Crippen molar-refractivity contribution in [2.24, 2.45) is 5.92 Å². The minimum absolute atomic E-state index is 0.0768. The molecule has 4 aromatic rings. The van der Waals surface area contributed by atoms with Crippen LogP contribution in [0.25, 0.3) is 22.3 Å². The Bertz CT molecular complexity index is 1570. The lowest BCUT2D eigenvalue weighted by atomic mass is 9.96. The highest BCUT2D eigenvalue weighted by Crippen LogP contribution is 2.36. The molecule has 0 unspecified atom stereocenters. The van der Waals surface area contributed by atoms with Crippen molar-refractivity contribution in [3.8, 4) is 23.4 Å². The highest BCUT2D eigenvalue weighted by molar-refractivity contribution is 6.32. The van der Waals surface area contributed by atoms with Crippen molar-refractivity contribution in [1.29, 1.82) is 10.5 Å². The van der Waals surface area contributed by atoms with Gasteiger partial charge in [0.05, 0.1) is 46.7 Å². The van der Waals surface area contributed by atoms with Gasteiger partial charge in [0.25, 0.3) is 0 Å².